The molecule has 1 aliphatic rings. The molecule has 2 heterocycles. The van der Waals surface area contributed by atoms with E-state index in [1.165, 1.54) is 0 Å². The summed E-state index contributed by atoms with van der Waals surface area (Å²) in [5, 5.41) is 7.10. The van der Waals surface area contributed by atoms with Gasteiger partial charge >= 0.3 is 0 Å². The number of rotatable bonds is 4. The molecule has 0 saturated heterocycles. The van der Waals surface area contributed by atoms with E-state index in [4.69, 9.17) is 0 Å². The van der Waals surface area contributed by atoms with Crippen LogP contribution >= 0.6 is 15.9 Å². The molecular formula is C22H22BrN3O2. The van der Waals surface area contributed by atoms with E-state index in [1.54, 1.807) is 0 Å². The molecule has 3 aromatic rings. The maximum Gasteiger partial charge on any atom is 0.240 e. The SMILES string of the molecule is Cc1c(Br)c2ccccc2n1CC(=O)N[C@@H](C)c1ccc2c(c1)CCC(=O)N2. The Morgan fingerprint density at radius 2 is 2.04 bits per heavy atom. The van der Waals surface area contributed by atoms with Crippen molar-refractivity contribution < 1.29 is 9.59 Å². The molecule has 0 radical (unpaired) electrons. The van der Waals surface area contributed by atoms with Crippen molar-refractivity contribution >= 4 is 44.3 Å². The second-order valence-electron chi connectivity index (χ2n) is 7.26. The summed E-state index contributed by atoms with van der Waals surface area (Å²) in [5.74, 6) is 0.0250. The number of hydrogen-bond acceptors (Lipinski definition) is 2. The van der Waals surface area contributed by atoms with Crippen molar-refractivity contribution in [2.45, 2.75) is 39.3 Å². The Balaban J connectivity index is 1.50. The number of benzene rings is 2. The van der Waals surface area contributed by atoms with Gasteiger partial charge in [-0.2, -0.15) is 0 Å². The number of carbonyl (C=O) groups is 2. The highest BCUT2D eigenvalue weighted by atomic mass is 79.9. The highest BCUT2D eigenvalue weighted by molar-refractivity contribution is 9.10. The normalized spacial score (nSPS) is 14.5. The quantitative estimate of drug-likeness (QED) is 0.629. The highest BCUT2D eigenvalue weighted by Gasteiger charge is 2.18. The van der Waals surface area contributed by atoms with E-state index in [1.807, 2.05) is 48.7 Å². The lowest BCUT2D eigenvalue weighted by Crippen LogP contribution is -2.30. The lowest BCUT2D eigenvalue weighted by atomic mass is 9.98. The highest BCUT2D eigenvalue weighted by Crippen LogP contribution is 2.30. The topological polar surface area (TPSA) is 63.1 Å². The Labute approximate surface area is 172 Å². The second kappa shape index (κ2) is 7.43. The first-order valence-electron chi connectivity index (χ1n) is 9.39. The summed E-state index contributed by atoms with van der Waals surface area (Å²) in [4.78, 5) is 24.2. The molecule has 2 amide bonds. The third-order valence-electron chi connectivity index (χ3n) is 5.36. The fraction of sp³-hybridized carbons (Fsp3) is 0.273. The van der Waals surface area contributed by atoms with Gasteiger partial charge in [-0.25, -0.2) is 0 Å². The van der Waals surface area contributed by atoms with Crippen LogP contribution in [0.4, 0.5) is 5.69 Å². The van der Waals surface area contributed by atoms with E-state index < -0.39 is 0 Å². The zero-order chi connectivity index (χ0) is 19.8. The molecule has 1 aliphatic heterocycles. The molecule has 0 spiro atoms. The van der Waals surface area contributed by atoms with Gasteiger partial charge in [-0.05, 0) is 59.5 Å². The number of nitrogens with one attached hydrogen (secondary N) is 2. The van der Waals surface area contributed by atoms with E-state index in [-0.39, 0.29) is 24.4 Å². The van der Waals surface area contributed by atoms with Crippen LogP contribution in [0.25, 0.3) is 10.9 Å². The molecule has 2 aromatic carbocycles. The van der Waals surface area contributed by atoms with Gasteiger partial charge in [0.15, 0.2) is 0 Å². The Hall–Kier alpha value is -2.60. The van der Waals surface area contributed by atoms with Gasteiger partial charge in [0, 0.05) is 33.2 Å². The molecular weight excluding hydrogens is 418 g/mol. The maximum absolute atomic E-state index is 12.7. The van der Waals surface area contributed by atoms with Crippen molar-refractivity contribution in [2.75, 3.05) is 5.32 Å². The van der Waals surface area contributed by atoms with Gasteiger partial charge in [0.2, 0.25) is 11.8 Å². The van der Waals surface area contributed by atoms with E-state index in [2.05, 4.69) is 38.7 Å². The smallest absolute Gasteiger partial charge is 0.240 e. The molecule has 6 heteroatoms. The van der Waals surface area contributed by atoms with Crippen molar-refractivity contribution in [3.05, 3.63) is 63.8 Å². The molecule has 5 nitrogen and oxygen atoms in total. The molecule has 144 valence electrons. The molecule has 1 atom stereocenters. The minimum atomic E-state index is -0.110. The maximum atomic E-state index is 12.7. The minimum Gasteiger partial charge on any atom is -0.348 e. The molecule has 4 rings (SSSR count). The zero-order valence-corrected chi connectivity index (χ0v) is 17.5. The Morgan fingerprint density at radius 3 is 2.86 bits per heavy atom. The predicted octanol–water partition coefficient (Wildman–Crippen LogP) is 4.47. The van der Waals surface area contributed by atoms with E-state index in [9.17, 15) is 9.59 Å². The van der Waals surface area contributed by atoms with E-state index >= 15 is 0 Å². The number of hydrogen-bond donors (Lipinski definition) is 2. The van der Waals surface area contributed by atoms with E-state index in [0.29, 0.717) is 6.42 Å². The van der Waals surface area contributed by atoms with Gasteiger partial charge in [0.25, 0.3) is 0 Å². The molecule has 2 N–H and O–H groups in total. The second-order valence-corrected chi connectivity index (χ2v) is 8.05. The van der Waals surface area contributed by atoms with Gasteiger partial charge in [0.1, 0.15) is 6.54 Å². The van der Waals surface area contributed by atoms with Crippen LogP contribution in [0.3, 0.4) is 0 Å². The first-order valence-corrected chi connectivity index (χ1v) is 10.2. The van der Waals surface area contributed by atoms with Gasteiger partial charge in [-0.15, -0.1) is 0 Å². The third-order valence-corrected chi connectivity index (χ3v) is 6.36. The van der Waals surface area contributed by atoms with Crippen LogP contribution in [0, 0.1) is 6.92 Å². The van der Waals surface area contributed by atoms with Crippen LogP contribution in [0.5, 0.6) is 0 Å². The lowest BCUT2D eigenvalue weighted by molar-refractivity contribution is -0.122. The Morgan fingerprint density at radius 1 is 1.25 bits per heavy atom. The fourth-order valence-electron chi connectivity index (χ4n) is 3.78. The number of nitrogens with zero attached hydrogens (tertiary/aromatic N) is 1. The van der Waals surface area contributed by atoms with Crippen LogP contribution in [0.1, 0.15) is 36.2 Å². The zero-order valence-electron chi connectivity index (χ0n) is 15.9. The molecule has 0 bridgehead atoms. The van der Waals surface area contributed by atoms with Crippen molar-refractivity contribution in [1.29, 1.82) is 0 Å². The molecule has 0 saturated carbocycles. The summed E-state index contributed by atoms with van der Waals surface area (Å²) in [6.07, 6.45) is 1.24. The number of carbonyl (C=O) groups excluding carboxylic acids is 2. The summed E-state index contributed by atoms with van der Waals surface area (Å²) in [5.41, 5.74) is 5.11. The fourth-order valence-corrected chi connectivity index (χ4v) is 4.33. The minimum absolute atomic E-state index is 0.0325. The number of halogens is 1. The van der Waals surface area contributed by atoms with Crippen molar-refractivity contribution in [1.82, 2.24) is 9.88 Å². The summed E-state index contributed by atoms with van der Waals surface area (Å²) in [7, 11) is 0. The largest absolute Gasteiger partial charge is 0.348 e. The molecule has 28 heavy (non-hydrogen) atoms. The number of para-hydroxylation sites is 1. The molecule has 0 aliphatic carbocycles. The van der Waals surface area contributed by atoms with Gasteiger partial charge < -0.3 is 15.2 Å². The predicted molar refractivity (Wildman–Crippen MR) is 114 cm³/mol. The number of aromatic nitrogens is 1. The van der Waals surface area contributed by atoms with Crippen LogP contribution < -0.4 is 10.6 Å². The summed E-state index contributed by atoms with van der Waals surface area (Å²) in [6, 6.07) is 13.9. The number of anilines is 1. The standard InChI is InChI=1S/C22H22BrN3O2/c1-13(15-7-9-18-16(11-15)8-10-20(27)25-18)24-21(28)12-26-14(2)22(23)17-5-3-4-6-19(17)26/h3-7,9,11,13H,8,10,12H2,1-2H3,(H,24,28)(H,25,27)/t13-/m0/s1. The summed E-state index contributed by atoms with van der Waals surface area (Å²) < 4.78 is 3.06. The average molecular weight is 440 g/mol. The Bertz CT molecular complexity index is 1090. The number of fused-ring (bicyclic) bond motifs is 2. The molecule has 0 fully saturated rings. The van der Waals surface area contributed by atoms with Crippen molar-refractivity contribution in [3.8, 4) is 0 Å². The first-order chi connectivity index (χ1) is 13.4. The summed E-state index contributed by atoms with van der Waals surface area (Å²) >= 11 is 3.64. The first kappa shape index (κ1) is 18.7. The van der Waals surface area contributed by atoms with E-state index in [0.717, 1.165) is 44.3 Å². The van der Waals surface area contributed by atoms with Gasteiger partial charge in [-0.1, -0.05) is 30.3 Å². The third kappa shape index (κ3) is 3.44. The molecule has 0 unspecified atom stereocenters. The van der Waals surface area contributed by atoms with Crippen LogP contribution in [0.2, 0.25) is 0 Å². The number of aryl methyl sites for hydroxylation is 1. The number of amides is 2. The Kier molecular flexibility index (Phi) is 4.98. The van der Waals surface area contributed by atoms with Crippen LogP contribution in [-0.4, -0.2) is 16.4 Å². The van der Waals surface area contributed by atoms with Gasteiger partial charge in [0.05, 0.1) is 6.04 Å². The lowest BCUT2D eigenvalue weighted by Gasteiger charge is -2.21. The van der Waals surface area contributed by atoms with Crippen molar-refractivity contribution in [3.63, 3.8) is 0 Å². The van der Waals surface area contributed by atoms with Crippen LogP contribution in [-0.2, 0) is 22.6 Å². The van der Waals surface area contributed by atoms with Crippen molar-refractivity contribution in [2.24, 2.45) is 0 Å². The van der Waals surface area contributed by atoms with Crippen LogP contribution in [0.15, 0.2) is 46.9 Å². The summed E-state index contributed by atoms with van der Waals surface area (Å²) in [6.45, 7) is 4.26. The monoisotopic (exact) mass is 439 g/mol. The molecule has 1 aromatic heterocycles. The van der Waals surface area contributed by atoms with Gasteiger partial charge in [-0.3, -0.25) is 9.59 Å². The average Bonchev–Trinajstić information content (AvgIpc) is 2.92.